The normalized spacial score (nSPS) is 18.3. The van der Waals surface area contributed by atoms with E-state index in [2.05, 4.69) is 5.32 Å². The molecular formula is C33H40FN3O6. The standard InChI is InChI=1S/C33H40FN3O6/c1-32(2,3)43-31(40)35-25-14-15-36(19-33(25,4)5)27-24(34)16-22-26(29(27)41-6)37(21-12-13-21)17-23(28(22)38)30(39)42-18-20-10-8-7-9-11-20/h7-11,16-17,21,25H,12-15,18-19H2,1-6H3,(H,35,40). The van der Waals surface area contributed by atoms with Crippen LogP contribution in [0, 0.1) is 11.2 Å². The Balaban J connectivity index is 1.48. The van der Waals surface area contributed by atoms with Crippen molar-refractivity contribution in [3.63, 3.8) is 0 Å². The van der Waals surface area contributed by atoms with Crippen molar-refractivity contribution in [2.75, 3.05) is 25.1 Å². The molecule has 1 aliphatic carbocycles. The van der Waals surface area contributed by atoms with Gasteiger partial charge in [0.1, 0.15) is 23.5 Å². The smallest absolute Gasteiger partial charge is 0.407 e. The Bertz CT molecular complexity index is 1590. The molecule has 10 heteroatoms. The van der Waals surface area contributed by atoms with Gasteiger partial charge in [0.15, 0.2) is 11.6 Å². The van der Waals surface area contributed by atoms with E-state index in [0.717, 1.165) is 18.4 Å². The Labute approximate surface area is 250 Å². The molecule has 2 aliphatic rings. The maximum atomic E-state index is 16.1. The molecule has 0 spiro atoms. The highest BCUT2D eigenvalue weighted by atomic mass is 19.1. The minimum absolute atomic E-state index is 0.0196. The average molecular weight is 594 g/mol. The van der Waals surface area contributed by atoms with E-state index in [1.54, 1.807) is 0 Å². The van der Waals surface area contributed by atoms with Gasteiger partial charge in [0.05, 0.1) is 18.0 Å². The molecule has 0 radical (unpaired) electrons. The molecule has 1 N–H and O–H groups in total. The van der Waals surface area contributed by atoms with Gasteiger partial charge in [-0.25, -0.2) is 14.0 Å². The lowest BCUT2D eigenvalue weighted by Gasteiger charge is -2.45. The predicted molar refractivity (Wildman–Crippen MR) is 162 cm³/mol. The number of nitrogens with one attached hydrogen (secondary N) is 1. The summed E-state index contributed by atoms with van der Waals surface area (Å²) in [5, 5.41) is 3.06. The van der Waals surface area contributed by atoms with E-state index in [9.17, 15) is 14.4 Å². The van der Waals surface area contributed by atoms with E-state index in [4.69, 9.17) is 14.2 Å². The number of nitrogens with zero attached hydrogens (tertiary/aromatic N) is 2. The molecule has 1 aliphatic heterocycles. The summed E-state index contributed by atoms with van der Waals surface area (Å²) in [5.41, 5.74) is -0.292. The van der Waals surface area contributed by atoms with Gasteiger partial charge in [0, 0.05) is 36.8 Å². The molecule has 43 heavy (non-hydrogen) atoms. The van der Waals surface area contributed by atoms with E-state index in [1.165, 1.54) is 19.4 Å². The van der Waals surface area contributed by atoms with Crippen LogP contribution in [0.15, 0.2) is 47.4 Å². The zero-order chi connectivity index (χ0) is 31.1. The van der Waals surface area contributed by atoms with Crippen molar-refractivity contribution in [3.05, 3.63) is 69.8 Å². The summed E-state index contributed by atoms with van der Waals surface area (Å²) >= 11 is 0. The zero-order valence-corrected chi connectivity index (χ0v) is 25.7. The fourth-order valence-corrected chi connectivity index (χ4v) is 5.78. The first-order valence-corrected chi connectivity index (χ1v) is 14.7. The Hall–Kier alpha value is -4.08. The molecule has 2 heterocycles. The average Bonchev–Trinajstić information content (AvgIpc) is 3.78. The summed E-state index contributed by atoms with van der Waals surface area (Å²) in [7, 11) is 1.46. The van der Waals surface area contributed by atoms with Crippen molar-refractivity contribution in [1.29, 1.82) is 0 Å². The van der Waals surface area contributed by atoms with Crippen LogP contribution in [0.5, 0.6) is 5.75 Å². The number of amides is 1. The Morgan fingerprint density at radius 3 is 2.42 bits per heavy atom. The monoisotopic (exact) mass is 593 g/mol. The number of anilines is 1. The van der Waals surface area contributed by atoms with Crippen molar-refractivity contribution in [2.45, 2.75) is 78.2 Å². The number of fused-ring (bicyclic) bond motifs is 1. The SMILES string of the molecule is COc1c(N2CCC(NC(=O)OC(C)(C)C)C(C)(C)C2)c(F)cc2c(=O)c(C(=O)OCc3ccccc3)cn(C3CC3)c12. The first-order valence-electron chi connectivity index (χ1n) is 14.7. The van der Waals surface area contributed by atoms with Crippen LogP contribution >= 0.6 is 0 Å². The van der Waals surface area contributed by atoms with Gasteiger partial charge in [-0.3, -0.25) is 4.79 Å². The fourth-order valence-electron chi connectivity index (χ4n) is 5.78. The molecule has 2 fully saturated rings. The summed E-state index contributed by atoms with van der Waals surface area (Å²) in [6, 6.07) is 10.3. The van der Waals surface area contributed by atoms with Gasteiger partial charge in [-0.05, 0) is 51.7 Å². The van der Waals surface area contributed by atoms with Gasteiger partial charge in [-0.1, -0.05) is 44.2 Å². The van der Waals surface area contributed by atoms with E-state index in [-0.39, 0.29) is 41.1 Å². The highest BCUT2D eigenvalue weighted by Gasteiger charge is 2.40. The number of methoxy groups -OCH3 is 1. The summed E-state index contributed by atoms with van der Waals surface area (Å²) < 4.78 is 34.7. The predicted octanol–water partition coefficient (Wildman–Crippen LogP) is 5.97. The largest absolute Gasteiger partial charge is 0.492 e. The quantitative estimate of drug-likeness (QED) is 0.337. The number of hydrogen-bond acceptors (Lipinski definition) is 7. The molecule has 1 saturated heterocycles. The molecule has 9 nitrogen and oxygen atoms in total. The van der Waals surface area contributed by atoms with Crippen LogP contribution in [0.3, 0.4) is 0 Å². The summed E-state index contributed by atoms with van der Waals surface area (Å²) in [6.07, 6.45) is 3.32. The van der Waals surface area contributed by atoms with Crippen LogP contribution in [-0.2, 0) is 16.1 Å². The van der Waals surface area contributed by atoms with Crippen LogP contribution in [0.2, 0.25) is 0 Å². The first kappa shape index (κ1) is 30.4. The fraction of sp³-hybridized carbons (Fsp3) is 0.485. The number of alkyl carbamates (subject to hydrolysis) is 1. The number of aromatic nitrogens is 1. The number of ether oxygens (including phenoxy) is 3. The number of piperidine rings is 1. The number of hydrogen-bond donors (Lipinski definition) is 1. The topological polar surface area (TPSA) is 99.1 Å². The second-order valence-corrected chi connectivity index (χ2v) is 13.1. The Morgan fingerprint density at radius 2 is 1.81 bits per heavy atom. The Morgan fingerprint density at radius 1 is 1.12 bits per heavy atom. The molecule has 1 aromatic heterocycles. The first-order chi connectivity index (χ1) is 20.3. The van der Waals surface area contributed by atoms with Gasteiger partial charge in [-0.2, -0.15) is 0 Å². The van der Waals surface area contributed by atoms with E-state index >= 15 is 4.39 Å². The van der Waals surface area contributed by atoms with Crippen molar-refractivity contribution in [1.82, 2.24) is 9.88 Å². The molecule has 5 rings (SSSR count). The maximum Gasteiger partial charge on any atom is 0.407 e. The van der Waals surface area contributed by atoms with Crippen LogP contribution < -0.4 is 20.4 Å². The minimum atomic E-state index is -0.755. The van der Waals surface area contributed by atoms with Crippen molar-refractivity contribution < 1.29 is 28.2 Å². The number of benzene rings is 2. The van der Waals surface area contributed by atoms with Crippen molar-refractivity contribution >= 4 is 28.7 Å². The summed E-state index contributed by atoms with van der Waals surface area (Å²) in [4.78, 5) is 41.1. The highest BCUT2D eigenvalue weighted by molar-refractivity contribution is 5.97. The molecule has 2 aromatic carbocycles. The second-order valence-electron chi connectivity index (χ2n) is 13.1. The van der Waals surface area contributed by atoms with Crippen molar-refractivity contribution in [3.8, 4) is 5.75 Å². The lowest BCUT2D eigenvalue weighted by Crippen LogP contribution is -2.56. The van der Waals surface area contributed by atoms with Crippen LogP contribution in [0.1, 0.15) is 75.8 Å². The number of rotatable bonds is 7. The number of carbonyl (C=O) groups excluding carboxylic acids is 2. The number of halogens is 1. The number of carbonyl (C=O) groups is 2. The Kier molecular flexibility index (Phi) is 8.15. The molecule has 3 aromatic rings. The highest BCUT2D eigenvalue weighted by Crippen LogP contribution is 2.45. The van der Waals surface area contributed by atoms with Gasteiger partial charge in [0.2, 0.25) is 5.43 Å². The lowest BCUT2D eigenvalue weighted by molar-refractivity contribution is 0.0440. The van der Waals surface area contributed by atoms with E-state index < -0.39 is 34.3 Å². The minimum Gasteiger partial charge on any atom is -0.492 e. The molecular weight excluding hydrogens is 553 g/mol. The maximum absolute atomic E-state index is 16.1. The summed E-state index contributed by atoms with van der Waals surface area (Å²) in [6.45, 7) is 10.3. The third kappa shape index (κ3) is 6.48. The third-order valence-corrected chi connectivity index (χ3v) is 8.01. The molecule has 1 amide bonds. The third-order valence-electron chi connectivity index (χ3n) is 8.01. The lowest BCUT2D eigenvalue weighted by atomic mass is 9.79. The van der Waals surface area contributed by atoms with Gasteiger partial charge >= 0.3 is 12.1 Å². The molecule has 1 unspecified atom stereocenters. The molecule has 0 bridgehead atoms. The van der Waals surface area contributed by atoms with Crippen LogP contribution in [-0.4, -0.2) is 48.5 Å². The zero-order valence-electron chi connectivity index (χ0n) is 25.7. The van der Waals surface area contributed by atoms with E-state index in [0.29, 0.717) is 25.0 Å². The molecule has 1 atom stereocenters. The van der Waals surface area contributed by atoms with Crippen LogP contribution in [0.25, 0.3) is 10.9 Å². The van der Waals surface area contributed by atoms with Gasteiger partial charge in [0.25, 0.3) is 0 Å². The van der Waals surface area contributed by atoms with Crippen LogP contribution in [0.4, 0.5) is 14.9 Å². The number of pyridine rings is 1. The number of esters is 1. The van der Waals surface area contributed by atoms with E-state index in [1.807, 2.05) is 74.4 Å². The molecule has 230 valence electrons. The van der Waals surface area contributed by atoms with Gasteiger partial charge < -0.3 is 29.0 Å². The molecule has 1 saturated carbocycles. The van der Waals surface area contributed by atoms with Crippen molar-refractivity contribution in [2.24, 2.45) is 5.41 Å². The van der Waals surface area contributed by atoms with Gasteiger partial charge in [-0.15, -0.1) is 0 Å². The second kappa shape index (κ2) is 11.5. The summed E-state index contributed by atoms with van der Waals surface area (Å²) in [5.74, 6) is -1.12.